The standard InChI is InChI=1S/C22H15BrFNO/c23-20-7-5-18(6-8-20)19(14-25)13-16-3-11-22(12-4-16)26-15-17-1-9-21(24)10-2-17/h1-13H,15H2. The van der Waals surface area contributed by atoms with Gasteiger partial charge in [0.15, 0.2) is 0 Å². The first-order chi connectivity index (χ1) is 12.6. The third-order valence-electron chi connectivity index (χ3n) is 3.79. The lowest BCUT2D eigenvalue weighted by atomic mass is 10.0. The van der Waals surface area contributed by atoms with Gasteiger partial charge in [0.05, 0.1) is 11.6 Å². The lowest BCUT2D eigenvalue weighted by molar-refractivity contribution is 0.306. The molecular formula is C22H15BrFNO. The summed E-state index contributed by atoms with van der Waals surface area (Å²) in [5.74, 6) is 0.456. The van der Waals surface area contributed by atoms with Gasteiger partial charge in [-0.2, -0.15) is 5.26 Å². The smallest absolute Gasteiger partial charge is 0.123 e. The second-order valence-electron chi connectivity index (χ2n) is 5.66. The number of benzene rings is 3. The molecule has 0 bridgehead atoms. The summed E-state index contributed by atoms with van der Waals surface area (Å²) in [7, 11) is 0. The van der Waals surface area contributed by atoms with Gasteiger partial charge in [-0.15, -0.1) is 0 Å². The first-order valence-electron chi connectivity index (χ1n) is 7.99. The molecule has 0 saturated carbocycles. The van der Waals surface area contributed by atoms with Crippen LogP contribution in [0.2, 0.25) is 0 Å². The van der Waals surface area contributed by atoms with E-state index in [9.17, 15) is 9.65 Å². The lowest BCUT2D eigenvalue weighted by Crippen LogP contribution is -1.95. The average Bonchev–Trinajstić information content (AvgIpc) is 2.67. The molecule has 0 heterocycles. The molecule has 128 valence electrons. The molecule has 0 aliphatic heterocycles. The minimum atomic E-state index is -0.260. The second kappa shape index (κ2) is 8.46. The predicted octanol–water partition coefficient (Wildman–Crippen LogP) is 6.23. The van der Waals surface area contributed by atoms with Crippen molar-refractivity contribution >= 4 is 27.6 Å². The topological polar surface area (TPSA) is 33.0 Å². The highest BCUT2D eigenvalue weighted by Gasteiger charge is 2.02. The Morgan fingerprint density at radius 1 is 0.962 bits per heavy atom. The van der Waals surface area contributed by atoms with E-state index in [0.717, 1.165) is 21.2 Å². The molecule has 0 aliphatic rings. The summed E-state index contributed by atoms with van der Waals surface area (Å²) < 4.78 is 19.6. The molecule has 0 unspecified atom stereocenters. The van der Waals surface area contributed by atoms with Crippen LogP contribution in [0.25, 0.3) is 11.6 Å². The molecule has 4 heteroatoms. The largest absolute Gasteiger partial charge is 0.489 e. The van der Waals surface area contributed by atoms with Crippen molar-refractivity contribution in [1.82, 2.24) is 0 Å². The maximum Gasteiger partial charge on any atom is 0.123 e. The van der Waals surface area contributed by atoms with Crippen LogP contribution >= 0.6 is 15.9 Å². The zero-order valence-electron chi connectivity index (χ0n) is 13.8. The van der Waals surface area contributed by atoms with E-state index >= 15 is 0 Å². The van der Waals surface area contributed by atoms with Gasteiger partial charge in [-0.3, -0.25) is 0 Å². The summed E-state index contributed by atoms with van der Waals surface area (Å²) >= 11 is 3.39. The van der Waals surface area contributed by atoms with Crippen LogP contribution in [-0.4, -0.2) is 0 Å². The van der Waals surface area contributed by atoms with Gasteiger partial charge in [0, 0.05) is 4.47 Å². The van der Waals surface area contributed by atoms with Crippen LogP contribution < -0.4 is 4.74 Å². The molecule has 0 fully saturated rings. The molecule has 26 heavy (non-hydrogen) atoms. The Bertz CT molecular complexity index is 939. The number of nitrogens with zero attached hydrogens (tertiary/aromatic N) is 1. The van der Waals surface area contributed by atoms with E-state index in [1.54, 1.807) is 12.1 Å². The van der Waals surface area contributed by atoms with Crippen LogP contribution in [0.3, 0.4) is 0 Å². The molecule has 0 radical (unpaired) electrons. The van der Waals surface area contributed by atoms with E-state index in [0.29, 0.717) is 17.9 Å². The van der Waals surface area contributed by atoms with E-state index < -0.39 is 0 Å². The van der Waals surface area contributed by atoms with Crippen LogP contribution in [0, 0.1) is 17.1 Å². The molecule has 0 aromatic heterocycles. The number of nitriles is 1. The maximum atomic E-state index is 12.9. The molecule has 0 spiro atoms. The van der Waals surface area contributed by atoms with Crippen molar-refractivity contribution in [2.45, 2.75) is 6.61 Å². The summed E-state index contributed by atoms with van der Waals surface area (Å²) in [4.78, 5) is 0. The van der Waals surface area contributed by atoms with Gasteiger partial charge in [-0.05, 0) is 59.2 Å². The zero-order chi connectivity index (χ0) is 18.4. The van der Waals surface area contributed by atoms with Gasteiger partial charge < -0.3 is 4.74 Å². The maximum absolute atomic E-state index is 12.9. The fourth-order valence-corrected chi connectivity index (χ4v) is 2.65. The lowest BCUT2D eigenvalue weighted by Gasteiger charge is -2.07. The van der Waals surface area contributed by atoms with Crippen LogP contribution in [0.5, 0.6) is 5.75 Å². The normalized spacial score (nSPS) is 11.0. The molecule has 3 aromatic carbocycles. The fourth-order valence-electron chi connectivity index (χ4n) is 2.38. The van der Waals surface area contributed by atoms with Crippen molar-refractivity contribution in [3.63, 3.8) is 0 Å². The Labute approximate surface area is 160 Å². The molecule has 0 atom stereocenters. The summed E-state index contributed by atoms with van der Waals surface area (Å²) in [6.45, 7) is 0.373. The quantitative estimate of drug-likeness (QED) is 0.370. The van der Waals surface area contributed by atoms with Gasteiger partial charge in [0.1, 0.15) is 18.2 Å². The molecule has 0 aliphatic carbocycles. The number of halogens is 2. The fraction of sp³-hybridized carbons (Fsp3) is 0.0455. The minimum absolute atomic E-state index is 0.260. The first-order valence-corrected chi connectivity index (χ1v) is 8.78. The predicted molar refractivity (Wildman–Crippen MR) is 105 cm³/mol. The van der Waals surface area contributed by atoms with Crippen molar-refractivity contribution in [2.75, 3.05) is 0 Å². The third kappa shape index (κ3) is 4.81. The molecule has 2 nitrogen and oxygen atoms in total. The molecule has 0 N–H and O–H groups in total. The number of allylic oxidation sites excluding steroid dienone is 1. The third-order valence-corrected chi connectivity index (χ3v) is 4.31. The van der Waals surface area contributed by atoms with E-state index in [2.05, 4.69) is 22.0 Å². The summed E-state index contributed by atoms with van der Waals surface area (Å²) in [5, 5.41) is 9.41. The van der Waals surface area contributed by atoms with Gasteiger partial charge in [-0.1, -0.05) is 52.3 Å². The van der Waals surface area contributed by atoms with Gasteiger partial charge in [-0.25, -0.2) is 4.39 Å². The Morgan fingerprint density at radius 2 is 1.62 bits per heavy atom. The minimum Gasteiger partial charge on any atom is -0.489 e. The van der Waals surface area contributed by atoms with Crippen molar-refractivity contribution in [3.8, 4) is 11.8 Å². The molecule has 3 aromatic rings. The summed E-state index contributed by atoms with van der Waals surface area (Å²) in [6, 6.07) is 23.6. The second-order valence-corrected chi connectivity index (χ2v) is 6.58. The number of hydrogen-bond donors (Lipinski definition) is 0. The van der Waals surface area contributed by atoms with Crippen molar-refractivity contribution < 1.29 is 9.13 Å². The molecular weight excluding hydrogens is 393 g/mol. The SMILES string of the molecule is N#CC(=Cc1ccc(OCc2ccc(F)cc2)cc1)c1ccc(Br)cc1. The highest BCUT2D eigenvalue weighted by atomic mass is 79.9. The van der Waals surface area contributed by atoms with E-state index in [1.807, 2.05) is 54.6 Å². The monoisotopic (exact) mass is 407 g/mol. The van der Waals surface area contributed by atoms with Crippen LogP contribution in [0.4, 0.5) is 4.39 Å². The van der Waals surface area contributed by atoms with Crippen LogP contribution in [0.15, 0.2) is 77.3 Å². The summed E-state index contributed by atoms with van der Waals surface area (Å²) in [5.41, 5.74) is 3.28. The van der Waals surface area contributed by atoms with Crippen LogP contribution in [-0.2, 0) is 6.61 Å². The molecule has 0 amide bonds. The zero-order valence-corrected chi connectivity index (χ0v) is 15.4. The van der Waals surface area contributed by atoms with Gasteiger partial charge in [0.2, 0.25) is 0 Å². The van der Waals surface area contributed by atoms with E-state index in [-0.39, 0.29) is 5.82 Å². The van der Waals surface area contributed by atoms with Crippen LogP contribution in [0.1, 0.15) is 16.7 Å². The van der Waals surface area contributed by atoms with Gasteiger partial charge in [0.25, 0.3) is 0 Å². The summed E-state index contributed by atoms with van der Waals surface area (Å²) in [6.07, 6.45) is 1.84. The van der Waals surface area contributed by atoms with Crippen molar-refractivity contribution in [3.05, 3.63) is 99.8 Å². The van der Waals surface area contributed by atoms with Crippen molar-refractivity contribution in [1.29, 1.82) is 5.26 Å². The number of ether oxygens (including phenoxy) is 1. The van der Waals surface area contributed by atoms with E-state index in [1.165, 1.54) is 12.1 Å². The average molecular weight is 408 g/mol. The molecule has 0 saturated heterocycles. The van der Waals surface area contributed by atoms with Gasteiger partial charge >= 0.3 is 0 Å². The Morgan fingerprint density at radius 3 is 2.23 bits per heavy atom. The Hall–Kier alpha value is -2.90. The highest BCUT2D eigenvalue weighted by molar-refractivity contribution is 9.10. The highest BCUT2D eigenvalue weighted by Crippen LogP contribution is 2.22. The Kier molecular flexibility index (Phi) is 5.83. The van der Waals surface area contributed by atoms with E-state index in [4.69, 9.17) is 4.74 Å². The number of hydrogen-bond acceptors (Lipinski definition) is 2. The van der Waals surface area contributed by atoms with Crippen molar-refractivity contribution in [2.24, 2.45) is 0 Å². The first kappa shape index (κ1) is 17.9. The number of rotatable bonds is 5. The Balaban J connectivity index is 1.69. The molecule has 3 rings (SSSR count).